The number of carbonyl (C=O) groups is 1. The second-order valence-electron chi connectivity index (χ2n) is 7.67. The molecule has 3 heterocycles. The molecular formula is C23H24N6O. The van der Waals surface area contributed by atoms with Crippen LogP contribution >= 0.6 is 0 Å². The molecule has 0 bridgehead atoms. The summed E-state index contributed by atoms with van der Waals surface area (Å²) in [6.45, 7) is 4.32. The second kappa shape index (κ2) is 7.94. The smallest absolute Gasteiger partial charge is 0.253 e. The van der Waals surface area contributed by atoms with Gasteiger partial charge in [0.1, 0.15) is 0 Å². The maximum Gasteiger partial charge on any atom is 0.253 e. The molecule has 1 aromatic carbocycles. The Bertz CT molecular complexity index is 1190. The molecule has 7 nitrogen and oxygen atoms in total. The lowest BCUT2D eigenvalue weighted by molar-refractivity contribution is 0.0827. The lowest BCUT2D eigenvalue weighted by Crippen LogP contribution is -2.21. The quantitative estimate of drug-likeness (QED) is 0.539. The van der Waals surface area contributed by atoms with Crippen molar-refractivity contribution >= 4 is 23.1 Å². The number of benzene rings is 1. The number of nitrogens with zero attached hydrogens (tertiary/aromatic N) is 5. The maximum absolute atomic E-state index is 12.0. The number of hydrogen-bond donors (Lipinski definition) is 1. The fourth-order valence-electron chi connectivity index (χ4n) is 3.27. The van der Waals surface area contributed by atoms with E-state index in [2.05, 4.69) is 40.3 Å². The van der Waals surface area contributed by atoms with Gasteiger partial charge in [0.05, 0.1) is 17.4 Å². The molecule has 1 amide bonds. The van der Waals surface area contributed by atoms with Crippen LogP contribution in [0.1, 0.15) is 35.7 Å². The number of anilines is 2. The molecule has 0 aliphatic heterocycles. The van der Waals surface area contributed by atoms with Crippen LogP contribution in [0.25, 0.3) is 16.8 Å². The standard InChI is InChI=1S/C23H24N6O/c1-15(2)19-14-25-29-12-10-17(13-21(19)29)20-9-11-24-23(27-20)26-18-7-5-16(6-8-18)22(30)28(3)4/h5-15H,1-4H3,(H,24,26,27). The van der Waals surface area contributed by atoms with E-state index in [0.717, 1.165) is 22.5 Å². The number of pyridine rings is 1. The van der Waals surface area contributed by atoms with Gasteiger partial charge in [0.25, 0.3) is 5.91 Å². The normalized spacial score (nSPS) is 11.1. The minimum absolute atomic E-state index is 0.0316. The zero-order valence-corrected chi connectivity index (χ0v) is 17.5. The predicted molar refractivity (Wildman–Crippen MR) is 118 cm³/mol. The number of aromatic nitrogens is 4. The van der Waals surface area contributed by atoms with Gasteiger partial charge in [-0.25, -0.2) is 14.5 Å². The Hall–Kier alpha value is -3.74. The molecule has 1 N–H and O–H groups in total. The first kappa shape index (κ1) is 19.6. The van der Waals surface area contributed by atoms with Crippen LogP contribution in [0.3, 0.4) is 0 Å². The van der Waals surface area contributed by atoms with Gasteiger partial charge in [-0.2, -0.15) is 5.10 Å². The molecule has 3 aromatic heterocycles. The third kappa shape index (κ3) is 3.87. The van der Waals surface area contributed by atoms with Gasteiger partial charge in [-0.15, -0.1) is 0 Å². The molecular weight excluding hydrogens is 376 g/mol. The summed E-state index contributed by atoms with van der Waals surface area (Å²) in [6, 6.07) is 13.3. The Morgan fingerprint density at radius 1 is 1.10 bits per heavy atom. The molecule has 0 unspecified atom stereocenters. The Morgan fingerprint density at radius 3 is 2.57 bits per heavy atom. The van der Waals surface area contributed by atoms with Crippen molar-refractivity contribution in [2.24, 2.45) is 0 Å². The summed E-state index contributed by atoms with van der Waals surface area (Å²) >= 11 is 0. The Labute approximate surface area is 175 Å². The molecule has 4 rings (SSSR count). The molecule has 0 saturated carbocycles. The number of rotatable bonds is 5. The highest BCUT2D eigenvalue weighted by atomic mass is 16.2. The number of carbonyl (C=O) groups excluding carboxylic acids is 1. The fraction of sp³-hybridized carbons (Fsp3) is 0.217. The highest BCUT2D eigenvalue weighted by Gasteiger charge is 2.11. The molecule has 0 aliphatic rings. The van der Waals surface area contributed by atoms with E-state index in [1.54, 1.807) is 37.3 Å². The highest BCUT2D eigenvalue weighted by molar-refractivity contribution is 5.94. The zero-order chi connectivity index (χ0) is 21.3. The van der Waals surface area contributed by atoms with Gasteiger partial charge in [-0.3, -0.25) is 4.79 Å². The van der Waals surface area contributed by atoms with Crippen molar-refractivity contribution in [1.82, 2.24) is 24.5 Å². The molecule has 7 heteroatoms. The first-order valence-electron chi connectivity index (χ1n) is 9.82. The fourth-order valence-corrected chi connectivity index (χ4v) is 3.27. The Morgan fingerprint density at radius 2 is 1.87 bits per heavy atom. The summed E-state index contributed by atoms with van der Waals surface area (Å²) in [4.78, 5) is 22.6. The van der Waals surface area contributed by atoms with E-state index in [1.165, 1.54) is 5.56 Å². The van der Waals surface area contributed by atoms with Crippen LogP contribution in [-0.2, 0) is 0 Å². The lowest BCUT2D eigenvalue weighted by atomic mass is 10.0. The molecule has 0 fully saturated rings. The van der Waals surface area contributed by atoms with Crippen LogP contribution in [0.5, 0.6) is 0 Å². The zero-order valence-electron chi connectivity index (χ0n) is 17.5. The summed E-state index contributed by atoms with van der Waals surface area (Å²) < 4.78 is 1.88. The van der Waals surface area contributed by atoms with Crippen molar-refractivity contribution in [3.8, 4) is 11.3 Å². The van der Waals surface area contributed by atoms with E-state index in [-0.39, 0.29) is 5.91 Å². The van der Waals surface area contributed by atoms with Crippen LogP contribution in [0.4, 0.5) is 11.6 Å². The van der Waals surface area contributed by atoms with Gasteiger partial charge in [-0.05, 0) is 48.4 Å². The summed E-state index contributed by atoms with van der Waals surface area (Å²) in [5.41, 5.74) is 5.56. The molecule has 0 aliphatic carbocycles. The highest BCUT2D eigenvalue weighted by Crippen LogP contribution is 2.25. The largest absolute Gasteiger partial charge is 0.345 e. The topological polar surface area (TPSA) is 75.4 Å². The van der Waals surface area contributed by atoms with Crippen molar-refractivity contribution in [3.63, 3.8) is 0 Å². The Balaban J connectivity index is 1.59. The molecule has 30 heavy (non-hydrogen) atoms. The molecule has 152 valence electrons. The number of amides is 1. The van der Waals surface area contributed by atoms with E-state index < -0.39 is 0 Å². The van der Waals surface area contributed by atoms with Crippen molar-refractivity contribution in [1.29, 1.82) is 0 Å². The van der Waals surface area contributed by atoms with E-state index in [9.17, 15) is 4.79 Å². The van der Waals surface area contributed by atoms with Crippen molar-refractivity contribution < 1.29 is 4.79 Å². The third-order valence-electron chi connectivity index (χ3n) is 4.92. The third-order valence-corrected chi connectivity index (χ3v) is 4.92. The number of fused-ring (bicyclic) bond motifs is 1. The van der Waals surface area contributed by atoms with E-state index in [4.69, 9.17) is 0 Å². The average molecular weight is 400 g/mol. The van der Waals surface area contributed by atoms with Gasteiger partial charge in [-0.1, -0.05) is 13.8 Å². The van der Waals surface area contributed by atoms with Crippen LogP contribution in [-0.4, -0.2) is 44.5 Å². The van der Waals surface area contributed by atoms with Crippen LogP contribution in [0, 0.1) is 0 Å². The number of nitrogens with one attached hydrogen (secondary N) is 1. The summed E-state index contributed by atoms with van der Waals surface area (Å²) in [7, 11) is 3.47. The molecule has 4 aromatic rings. The first-order chi connectivity index (χ1) is 14.4. The molecule has 0 saturated heterocycles. The lowest BCUT2D eigenvalue weighted by Gasteiger charge is -2.11. The van der Waals surface area contributed by atoms with Crippen LogP contribution in [0.15, 0.2) is 61.1 Å². The SMILES string of the molecule is CC(C)c1cnn2ccc(-c3ccnc(Nc4ccc(C(=O)N(C)C)cc4)n3)cc12. The predicted octanol–water partition coefficient (Wildman–Crippen LogP) is 4.36. The monoisotopic (exact) mass is 400 g/mol. The van der Waals surface area contributed by atoms with Gasteiger partial charge in [0, 0.05) is 48.9 Å². The van der Waals surface area contributed by atoms with Crippen molar-refractivity contribution in [3.05, 3.63) is 72.2 Å². The second-order valence-corrected chi connectivity index (χ2v) is 7.67. The van der Waals surface area contributed by atoms with E-state index in [1.807, 2.05) is 41.2 Å². The van der Waals surface area contributed by atoms with E-state index >= 15 is 0 Å². The van der Waals surface area contributed by atoms with Gasteiger partial charge >= 0.3 is 0 Å². The van der Waals surface area contributed by atoms with Gasteiger partial charge in [0.2, 0.25) is 5.95 Å². The summed E-state index contributed by atoms with van der Waals surface area (Å²) in [5, 5.41) is 7.63. The number of hydrogen-bond acceptors (Lipinski definition) is 5. The minimum Gasteiger partial charge on any atom is -0.345 e. The van der Waals surface area contributed by atoms with Crippen LogP contribution < -0.4 is 5.32 Å². The minimum atomic E-state index is -0.0316. The summed E-state index contributed by atoms with van der Waals surface area (Å²) in [6.07, 6.45) is 5.60. The average Bonchev–Trinajstić information content (AvgIpc) is 3.17. The first-order valence-corrected chi connectivity index (χ1v) is 9.82. The van der Waals surface area contributed by atoms with E-state index in [0.29, 0.717) is 17.4 Å². The Kier molecular flexibility index (Phi) is 5.18. The molecule has 0 radical (unpaired) electrons. The molecule has 0 atom stereocenters. The van der Waals surface area contributed by atoms with Crippen molar-refractivity contribution in [2.75, 3.05) is 19.4 Å². The van der Waals surface area contributed by atoms with Crippen molar-refractivity contribution in [2.45, 2.75) is 19.8 Å². The summed E-state index contributed by atoms with van der Waals surface area (Å²) in [5.74, 6) is 0.857. The molecule has 0 spiro atoms. The van der Waals surface area contributed by atoms with Crippen LogP contribution in [0.2, 0.25) is 0 Å². The van der Waals surface area contributed by atoms with Gasteiger partial charge in [0.15, 0.2) is 0 Å². The van der Waals surface area contributed by atoms with Gasteiger partial charge < -0.3 is 10.2 Å². The maximum atomic E-state index is 12.0.